The Labute approximate surface area is 150 Å². The van der Waals surface area contributed by atoms with E-state index < -0.39 is 6.10 Å². The highest BCUT2D eigenvalue weighted by molar-refractivity contribution is 7.21. The first-order chi connectivity index (χ1) is 12.2. The van der Waals surface area contributed by atoms with Crippen molar-refractivity contribution in [1.82, 2.24) is 0 Å². The molecular weight excluding hydrogens is 328 g/mol. The molecule has 0 aliphatic carbocycles. The lowest BCUT2D eigenvalue weighted by Crippen LogP contribution is -2.08. The second kappa shape index (κ2) is 6.63. The molecule has 3 aromatic carbocycles. The third-order valence-corrected chi connectivity index (χ3v) is 5.38. The average molecular weight is 344 g/mol. The van der Waals surface area contributed by atoms with Gasteiger partial charge in [0.2, 0.25) is 5.78 Å². The fourth-order valence-electron chi connectivity index (χ4n) is 2.98. The predicted molar refractivity (Wildman–Crippen MR) is 102 cm³/mol. The minimum absolute atomic E-state index is 0.0493. The number of ketones is 1. The Kier molecular flexibility index (Phi) is 4.18. The largest absolute Gasteiger partial charge is 0.384 e. The van der Waals surface area contributed by atoms with Gasteiger partial charge in [0.1, 0.15) is 6.10 Å². The van der Waals surface area contributed by atoms with E-state index in [4.69, 9.17) is 0 Å². The molecule has 0 aliphatic heterocycles. The summed E-state index contributed by atoms with van der Waals surface area (Å²) >= 11 is 1.49. The lowest BCUT2D eigenvalue weighted by molar-refractivity contribution is 0.103. The van der Waals surface area contributed by atoms with Crippen molar-refractivity contribution in [2.75, 3.05) is 0 Å². The summed E-state index contributed by atoms with van der Waals surface area (Å²) < 4.78 is 1.09. The van der Waals surface area contributed by atoms with Crippen LogP contribution in [0.25, 0.3) is 10.1 Å². The van der Waals surface area contributed by atoms with Gasteiger partial charge in [-0.05, 0) is 28.6 Å². The number of rotatable bonds is 4. The Bertz CT molecular complexity index is 1000. The number of aliphatic hydroxyl groups excluding tert-OH is 1. The van der Waals surface area contributed by atoms with Crippen LogP contribution in [0.4, 0.5) is 0 Å². The maximum absolute atomic E-state index is 13.1. The van der Waals surface area contributed by atoms with Crippen molar-refractivity contribution in [3.8, 4) is 0 Å². The summed E-state index contributed by atoms with van der Waals surface area (Å²) in [6.07, 6.45) is -0.823. The molecule has 1 aromatic heterocycles. The summed E-state index contributed by atoms with van der Waals surface area (Å²) in [5.74, 6) is -0.0493. The molecule has 0 saturated carbocycles. The number of hydrogen-bond donors (Lipinski definition) is 1. The fourth-order valence-corrected chi connectivity index (χ4v) is 4.00. The van der Waals surface area contributed by atoms with Crippen molar-refractivity contribution in [2.45, 2.75) is 6.10 Å². The van der Waals surface area contributed by atoms with Crippen molar-refractivity contribution in [3.63, 3.8) is 0 Å². The van der Waals surface area contributed by atoms with Crippen LogP contribution in [0.1, 0.15) is 32.5 Å². The third kappa shape index (κ3) is 3.00. The van der Waals surface area contributed by atoms with Crippen molar-refractivity contribution < 1.29 is 9.90 Å². The molecule has 1 unspecified atom stereocenters. The summed E-state index contributed by atoms with van der Waals surface area (Å²) in [7, 11) is 0. The van der Waals surface area contributed by atoms with Crippen LogP contribution in [0.3, 0.4) is 0 Å². The highest BCUT2D eigenvalue weighted by atomic mass is 32.1. The molecule has 3 heteroatoms. The van der Waals surface area contributed by atoms with Gasteiger partial charge in [-0.1, -0.05) is 72.8 Å². The van der Waals surface area contributed by atoms with E-state index in [0.717, 1.165) is 15.6 Å². The first kappa shape index (κ1) is 15.8. The number of thiophene rings is 1. The average Bonchev–Trinajstić information content (AvgIpc) is 3.12. The van der Waals surface area contributed by atoms with Gasteiger partial charge in [0.05, 0.1) is 4.88 Å². The first-order valence-electron chi connectivity index (χ1n) is 8.09. The maximum Gasteiger partial charge on any atom is 0.203 e. The zero-order chi connectivity index (χ0) is 17.2. The summed E-state index contributed by atoms with van der Waals surface area (Å²) in [4.78, 5) is 13.8. The lowest BCUT2D eigenvalue weighted by Gasteiger charge is -2.15. The van der Waals surface area contributed by atoms with Gasteiger partial charge in [0, 0.05) is 10.3 Å². The van der Waals surface area contributed by atoms with E-state index in [1.165, 1.54) is 11.3 Å². The summed E-state index contributed by atoms with van der Waals surface area (Å²) in [6.45, 7) is 0. The van der Waals surface area contributed by atoms with E-state index in [0.29, 0.717) is 16.0 Å². The number of benzene rings is 3. The molecule has 1 heterocycles. The Hall–Kier alpha value is -2.75. The Morgan fingerprint density at radius 1 is 0.840 bits per heavy atom. The quantitative estimate of drug-likeness (QED) is 0.516. The standard InChI is InChI=1S/C22H16O2S/c23-21(15-8-2-1-3-9-15)17-11-5-6-12-18(17)22(24)20-14-16-10-4-7-13-19(16)25-20/h1-14,21,23H. The molecule has 0 fully saturated rings. The van der Waals surface area contributed by atoms with Crippen LogP contribution < -0.4 is 0 Å². The molecule has 25 heavy (non-hydrogen) atoms. The van der Waals surface area contributed by atoms with E-state index in [-0.39, 0.29) is 5.78 Å². The zero-order valence-electron chi connectivity index (χ0n) is 13.4. The summed E-state index contributed by atoms with van der Waals surface area (Å²) in [5, 5.41) is 11.8. The number of carbonyl (C=O) groups excluding carboxylic acids is 1. The molecule has 122 valence electrons. The molecule has 0 aliphatic rings. The highest BCUT2D eigenvalue weighted by Gasteiger charge is 2.20. The molecule has 0 bridgehead atoms. The second-order valence-electron chi connectivity index (χ2n) is 5.88. The number of aliphatic hydroxyl groups is 1. The monoisotopic (exact) mass is 344 g/mol. The zero-order valence-corrected chi connectivity index (χ0v) is 14.2. The van der Waals surface area contributed by atoms with Crippen molar-refractivity contribution >= 4 is 27.2 Å². The molecule has 0 spiro atoms. The van der Waals surface area contributed by atoms with Gasteiger partial charge < -0.3 is 5.11 Å². The van der Waals surface area contributed by atoms with Gasteiger partial charge in [0.15, 0.2) is 0 Å². The Balaban J connectivity index is 1.76. The van der Waals surface area contributed by atoms with Crippen LogP contribution in [0, 0.1) is 0 Å². The third-order valence-electron chi connectivity index (χ3n) is 4.26. The SMILES string of the molecule is O=C(c1cc2ccccc2s1)c1ccccc1C(O)c1ccccc1. The molecular formula is C22H16O2S. The maximum atomic E-state index is 13.1. The van der Waals surface area contributed by atoms with Crippen LogP contribution in [0.2, 0.25) is 0 Å². The Morgan fingerprint density at radius 2 is 1.52 bits per heavy atom. The number of fused-ring (bicyclic) bond motifs is 1. The van der Waals surface area contributed by atoms with E-state index in [1.807, 2.05) is 78.9 Å². The van der Waals surface area contributed by atoms with Gasteiger partial charge in [-0.2, -0.15) is 0 Å². The van der Waals surface area contributed by atoms with E-state index in [2.05, 4.69) is 0 Å². The molecule has 4 rings (SSSR count). The van der Waals surface area contributed by atoms with Crippen LogP contribution in [-0.4, -0.2) is 10.9 Å². The molecule has 0 saturated heterocycles. The van der Waals surface area contributed by atoms with E-state index >= 15 is 0 Å². The van der Waals surface area contributed by atoms with Gasteiger partial charge in [0.25, 0.3) is 0 Å². The number of carbonyl (C=O) groups is 1. The molecule has 0 radical (unpaired) electrons. The molecule has 0 amide bonds. The molecule has 1 atom stereocenters. The second-order valence-corrected chi connectivity index (χ2v) is 6.96. The van der Waals surface area contributed by atoms with Crippen molar-refractivity contribution in [1.29, 1.82) is 0 Å². The van der Waals surface area contributed by atoms with Crippen LogP contribution in [0.15, 0.2) is 84.9 Å². The van der Waals surface area contributed by atoms with Gasteiger partial charge in [-0.3, -0.25) is 4.79 Å². The van der Waals surface area contributed by atoms with Crippen molar-refractivity contribution in [3.05, 3.63) is 106 Å². The minimum atomic E-state index is -0.823. The van der Waals surface area contributed by atoms with E-state index in [9.17, 15) is 9.90 Å². The lowest BCUT2D eigenvalue weighted by atomic mass is 9.94. The number of hydrogen-bond acceptors (Lipinski definition) is 3. The summed E-state index contributed by atoms with van der Waals surface area (Å²) in [5.41, 5.74) is 1.96. The van der Waals surface area contributed by atoms with Gasteiger partial charge >= 0.3 is 0 Å². The Morgan fingerprint density at radius 3 is 2.32 bits per heavy atom. The predicted octanol–water partition coefficient (Wildman–Crippen LogP) is 5.21. The van der Waals surface area contributed by atoms with Gasteiger partial charge in [-0.15, -0.1) is 11.3 Å². The minimum Gasteiger partial charge on any atom is -0.384 e. The fraction of sp³-hybridized carbons (Fsp3) is 0.0455. The molecule has 1 N–H and O–H groups in total. The van der Waals surface area contributed by atoms with Crippen LogP contribution in [0.5, 0.6) is 0 Å². The summed E-state index contributed by atoms with van der Waals surface area (Å²) in [6, 6.07) is 26.6. The molecule has 4 aromatic rings. The van der Waals surface area contributed by atoms with Crippen molar-refractivity contribution in [2.24, 2.45) is 0 Å². The highest BCUT2D eigenvalue weighted by Crippen LogP contribution is 2.31. The normalized spacial score (nSPS) is 12.2. The first-order valence-corrected chi connectivity index (χ1v) is 8.91. The molecule has 2 nitrogen and oxygen atoms in total. The van der Waals surface area contributed by atoms with Gasteiger partial charge in [-0.25, -0.2) is 0 Å². The topological polar surface area (TPSA) is 37.3 Å². The van der Waals surface area contributed by atoms with Crippen LogP contribution in [-0.2, 0) is 0 Å². The smallest absolute Gasteiger partial charge is 0.203 e. The van der Waals surface area contributed by atoms with Crippen LogP contribution >= 0.6 is 11.3 Å². The van der Waals surface area contributed by atoms with E-state index in [1.54, 1.807) is 6.07 Å².